The van der Waals surface area contributed by atoms with Gasteiger partial charge in [-0.2, -0.15) is 0 Å². The molecule has 0 saturated heterocycles. The van der Waals surface area contributed by atoms with Crippen LogP contribution in [-0.4, -0.2) is 34.1 Å². The molecule has 2 amide bonds. The molecule has 0 bridgehead atoms. The zero-order valence-corrected chi connectivity index (χ0v) is 18.5. The number of hydrogen-bond acceptors (Lipinski definition) is 5. The molecule has 0 aliphatic rings. The molecule has 0 fully saturated rings. The van der Waals surface area contributed by atoms with Crippen LogP contribution in [0.4, 0.5) is 15.0 Å². The van der Waals surface area contributed by atoms with Crippen molar-refractivity contribution in [3.05, 3.63) is 120 Å². The van der Waals surface area contributed by atoms with Crippen molar-refractivity contribution < 1.29 is 9.18 Å². The van der Waals surface area contributed by atoms with Crippen LogP contribution < -0.4 is 16.4 Å². The Labute approximate surface area is 197 Å². The molecular formula is C26H25FN6O. The van der Waals surface area contributed by atoms with E-state index in [9.17, 15) is 9.18 Å². The summed E-state index contributed by atoms with van der Waals surface area (Å²) in [5, 5.41) is 5.74. The Morgan fingerprint density at radius 1 is 0.853 bits per heavy atom. The van der Waals surface area contributed by atoms with Crippen LogP contribution in [0.2, 0.25) is 0 Å². The number of carbonyl (C=O) groups excluding carboxylic acids is 1. The summed E-state index contributed by atoms with van der Waals surface area (Å²) in [4.78, 5) is 24.4. The third-order valence-corrected chi connectivity index (χ3v) is 5.63. The lowest BCUT2D eigenvalue weighted by atomic mass is 9.67. The van der Waals surface area contributed by atoms with Gasteiger partial charge in [0.15, 0.2) is 0 Å². The molecule has 0 radical (unpaired) electrons. The number of nitrogens with zero attached hydrogens (tertiary/aromatic N) is 3. The van der Waals surface area contributed by atoms with Gasteiger partial charge in [0.05, 0.1) is 5.41 Å². The monoisotopic (exact) mass is 456 g/mol. The molecule has 0 unspecified atom stereocenters. The molecule has 4 N–H and O–H groups in total. The largest absolute Gasteiger partial charge is 0.368 e. The minimum atomic E-state index is -0.699. The lowest BCUT2D eigenvalue weighted by molar-refractivity contribution is 0.249. The van der Waals surface area contributed by atoms with Gasteiger partial charge in [-0.3, -0.25) is 9.97 Å². The number of nitrogens with two attached hydrogens (primary N) is 1. The number of anilines is 1. The molecule has 172 valence electrons. The van der Waals surface area contributed by atoms with Crippen molar-refractivity contribution in [2.45, 2.75) is 11.8 Å². The van der Waals surface area contributed by atoms with Gasteiger partial charge in [0.25, 0.3) is 0 Å². The van der Waals surface area contributed by atoms with E-state index < -0.39 is 11.4 Å². The summed E-state index contributed by atoms with van der Waals surface area (Å²) in [5.41, 5.74) is 8.03. The second kappa shape index (κ2) is 10.5. The molecule has 3 heterocycles. The number of carbonyl (C=O) groups is 1. The minimum absolute atomic E-state index is 0.302. The van der Waals surface area contributed by atoms with Crippen LogP contribution in [0, 0.1) is 5.82 Å². The highest BCUT2D eigenvalue weighted by atomic mass is 19.1. The Hall–Kier alpha value is -4.33. The van der Waals surface area contributed by atoms with E-state index in [1.165, 1.54) is 12.1 Å². The summed E-state index contributed by atoms with van der Waals surface area (Å²) in [6, 6.07) is 19.5. The van der Waals surface area contributed by atoms with Crippen molar-refractivity contribution in [2.24, 2.45) is 5.73 Å². The zero-order chi connectivity index (χ0) is 23.8. The van der Waals surface area contributed by atoms with E-state index >= 15 is 0 Å². The number of primary amides is 1. The van der Waals surface area contributed by atoms with Crippen molar-refractivity contribution >= 4 is 11.8 Å². The van der Waals surface area contributed by atoms with E-state index in [1.54, 1.807) is 24.5 Å². The first kappa shape index (κ1) is 22.8. The second-order valence-electron chi connectivity index (χ2n) is 7.80. The highest BCUT2D eigenvalue weighted by Crippen LogP contribution is 2.41. The molecule has 1 aromatic carbocycles. The normalized spacial score (nSPS) is 11.1. The summed E-state index contributed by atoms with van der Waals surface area (Å²) >= 11 is 0. The lowest BCUT2D eigenvalue weighted by Gasteiger charge is -2.35. The van der Waals surface area contributed by atoms with Crippen molar-refractivity contribution in [3.63, 3.8) is 0 Å². The van der Waals surface area contributed by atoms with Crippen LogP contribution in [0.15, 0.2) is 91.5 Å². The van der Waals surface area contributed by atoms with Gasteiger partial charge in [0.1, 0.15) is 11.6 Å². The number of urea groups is 1. The SMILES string of the molecule is NC(=O)NCCNc1cccc(CC(c2ccc(F)cc2)(c2cccnc2)c2cccnc2)n1. The van der Waals surface area contributed by atoms with Gasteiger partial charge in [0.2, 0.25) is 0 Å². The maximum absolute atomic E-state index is 13.9. The topological polar surface area (TPSA) is 106 Å². The van der Waals surface area contributed by atoms with Crippen LogP contribution in [0.5, 0.6) is 0 Å². The van der Waals surface area contributed by atoms with Crippen LogP contribution in [0.1, 0.15) is 22.4 Å². The first-order chi connectivity index (χ1) is 16.6. The van der Waals surface area contributed by atoms with Gasteiger partial charge in [-0.25, -0.2) is 14.2 Å². The van der Waals surface area contributed by atoms with Gasteiger partial charge in [-0.15, -0.1) is 0 Å². The summed E-state index contributed by atoms with van der Waals surface area (Å²) in [6.45, 7) is 0.861. The van der Waals surface area contributed by atoms with E-state index in [0.717, 1.165) is 22.4 Å². The average molecular weight is 457 g/mol. The molecular weight excluding hydrogens is 431 g/mol. The lowest BCUT2D eigenvalue weighted by Crippen LogP contribution is -2.33. The standard InChI is InChI=1S/C26H25FN6O/c27-22-10-8-19(9-11-22)26(20-4-2-12-29-17-20,21-5-3-13-30-18-21)16-23-6-1-7-24(33-23)31-14-15-32-25(28)34/h1-13,17-18H,14-16H2,(H,31,33)(H3,28,32,34). The first-order valence-electron chi connectivity index (χ1n) is 10.9. The fourth-order valence-corrected chi connectivity index (χ4v) is 4.10. The Bertz CT molecular complexity index is 1180. The highest BCUT2D eigenvalue weighted by molar-refractivity contribution is 5.71. The van der Waals surface area contributed by atoms with Gasteiger partial charge in [0, 0.05) is 50.0 Å². The Morgan fingerprint density at radius 2 is 1.53 bits per heavy atom. The zero-order valence-electron chi connectivity index (χ0n) is 18.5. The summed E-state index contributed by atoms with van der Waals surface area (Å²) in [5.74, 6) is 0.373. The van der Waals surface area contributed by atoms with Crippen LogP contribution in [0.25, 0.3) is 0 Å². The van der Waals surface area contributed by atoms with Gasteiger partial charge in [-0.05, 0) is 53.1 Å². The number of nitrogens with one attached hydrogen (secondary N) is 2. The maximum Gasteiger partial charge on any atom is 0.312 e. The van der Waals surface area contributed by atoms with E-state index in [-0.39, 0.29) is 5.82 Å². The van der Waals surface area contributed by atoms with Crippen molar-refractivity contribution in [1.29, 1.82) is 0 Å². The predicted octanol–water partition coefficient (Wildman–Crippen LogP) is 3.67. The molecule has 0 atom stereocenters. The van der Waals surface area contributed by atoms with Crippen molar-refractivity contribution in [1.82, 2.24) is 20.3 Å². The molecule has 4 aromatic rings. The average Bonchev–Trinajstić information content (AvgIpc) is 2.87. The number of aromatic nitrogens is 3. The first-order valence-corrected chi connectivity index (χ1v) is 10.9. The number of amides is 2. The molecule has 7 nitrogen and oxygen atoms in total. The van der Waals surface area contributed by atoms with E-state index in [2.05, 4.69) is 20.6 Å². The molecule has 4 rings (SSSR count). The van der Waals surface area contributed by atoms with Crippen molar-refractivity contribution in [2.75, 3.05) is 18.4 Å². The van der Waals surface area contributed by atoms with E-state index in [4.69, 9.17) is 10.7 Å². The highest BCUT2D eigenvalue weighted by Gasteiger charge is 2.37. The Balaban J connectivity index is 1.77. The number of benzene rings is 1. The van der Waals surface area contributed by atoms with Gasteiger partial charge >= 0.3 is 6.03 Å². The Morgan fingerprint density at radius 3 is 2.12 bits per heavy atom. The molecule has 3 aromatic heterocycles. The van der Waals surface area contributed by atoms with Gasteiger partial charge in [-0.1, -0.05) is 30.3 Å². The third kappa shape index (κ3) is 5.17. The van der Waals surface area contributed by atoms with Crippen LogP contribution >= 0.6 is 0 Å². The third-order valence-electron chi connectivity index (χ3n) is 5.63. The minimum Gasteiger partial charge on any atom is -0.368 e. The molecule has 0 aliphatic heterocycles. The smallest absolute Gasteiger partial charge is 0.312 e. The van der Waals surface area contributed by atoms with E-state index in [1.807, 2.05) is 54.9 Å². The summed E-state index contributed by atoms with van der Waals surface area (Å²) in [7, 11) is 0. The van der Waals surface area contributed by atoms with Gasteiger partial charge < -0.3 is 16.4 Å². The van der Waals surface area contributed by atoms with Crippen LogP contribution in [0.3, 0.4) is 0 Å². The molecule has 0 aliphatic carbocycles. The van der Waals surface area contributed by atoms with E-state index in [0.29, 0.717) is 25.3 Å². The summed E-state index contributed by atoms with van der Waals surface area (Å²) < 4.78 is 13.9. The molecule has 8 heteroatoms. The second-order valence-corrected chi connectivity index (χ2v) is 7.80. The quantitative estimate of drug-likeness (QED) is 0.333. The van der Waals surface area contributed by atoms with Crippen LogP contribution in [-0.2, 0) is 11.8 Å². The fourth-order valence-electron chi connectivity index (χ4n) is 4.10. The van der Waals surface area contributed by atoms with Crippen molar-refractivity contribution in [3.8, 4) is 0 Å². The Kier molecular flexibility index (Phi) is 7.07. The number of rotatable bonds is 9. The number of halogens is 1. The molecule has 0 saturated carbocycles. The molecule has 0 spiro atoms. The fraction of sp³-hybridized carbons (Fsp3) is 0.154. The number of pyridine rings is 3. The maximum atomic E-state index is 13.9. The predicted molar refractivity (Wildman–Crippen MR) is 129 cm³/mol. The molecule has 34 heavy (non-hydrogen) atoms. The number of hydrogen-bond donors (Lipinski definition) is 3. The summed E-state index contributed by atoms with van der Waals surface area (Å²) in [6.07, 6.45) is 7.60.